The van der Waals surface area contributed by atoms with E-state index in [9.17, 15) is 37.8 Å². The Labute approximate surface area is 262 Å². The van der Waals surface area contributed by atoms with Crippen LogP contribution in [0.4, 0.5) is 18.0 Å². The first-order valence-electron chi connectivity index (χ1n) is 14.5. The van der Waals surface area contributed by atoms with Crippen LogP contribution in [-0.2, 0) is 40.4 Å². The van der Waals surface area contributed by atoms with Crippen LogP contribution in [0, 0.1) is 0 Å². The minimum absolute atomic E-state index is 0.00615. The number of hydrogen-bond acceptors (Lipinski definition) is 11. The molecule has 1 unspecified atom stereocenters. The first-order valence-corrected chi connectivity index (χ1v) is 14.5. The zero-order valence-corrected chi connectivity index (χ0v) is 25.9. The minimum atomic E-state index is -5.08. The number of carbonyl (C=O) groups is 4. The number of phenols is 1. The van der Waals surface area contributed by atoms with Crippen molar-refractivity contribution in [1.29, 1.82) is 0 Å². The number of piperidine rings is 1. The zero-order valence-electron chi connectivity index (χ0n) is 25.9. The van der Waals surface area contributed by atoms with E-state index in [4.69, 9.17) is 28.8 Å². The van der Waals surface area contributed by atoms with Gasteiger partial charge in [0.25, 0.3) is 5.91 Å². The fourth-order valence-corrected chi connectivity index (χ4v) is 6.52. The number of nitrogens with zero attached hydrogens (tertiary/aromatic N) is 1. The van der Waals surface area contributed by atoms with E-state index in [0.29, 0.717) is 24.4 Å². The zero-order chi connectivity index (χ0) is 34.4. The van der Waals surface area contributed by atoms with Gasteiger partial charge in [0.2, 0.25) is 0 Å². The summed E-state index contributed by atoms with van der Waals surface area (Å²) in [5.41, 5.74) is -0.919. The molecule has 2 heterocycles. The molecule has 2 aliphatic heterocycles. The highest BCUT2D eigenvalue weighted by Crippen LogP contribution is 2.65. The number of halogens is 3. The third-order valence-corrected chi connectivity index (χ3v) is 8.49. The van der Waals surface area contributed by atoms with Crippen molar-refractivity contribution < 1.29 is 66.6 Å². The molecule has 2 aliphatic carbocycles. The van der Waals surface area contributed by atoms with E-state index in [1.54, 1.807) is 32.9 Å². The maximum absolute atomic E-state index is 12.8. The van der Waals surface area contributed by atoms with Gasteiger partial charge in [-0.15, -0.1) is 0 Å². The van der Waals surface area contributed by atoms with Gasteiger partial charge in [0.15, 0.2) is 23.7 Å². The van der Waals surface area contributed by atoms with Crippen LogP contribution >= 0.6 is 0 Å². The van der Waals surface area contributed by atoms with Gasteiger partial charge in [-0.25, -0.2) is 9.59 Å². The molecule has 4 N–H and O–H groups in total. The number of alkyl halides is 3. The Morgan fingerprint density at radius 3 is 2.46 bits per heavy atom. The second-order valence-corrected chi connectivity index (χ2v) is 12.6. The molecule has 1 spiro atoms. The predicted molar refractivity (Wildman–Crippen MR) is 151 cm³/mol. The minimum Gasteiger partial charge on any atom is -0.504 e. The van der Waals surface area contributed by atoms with Crippen LogP contribution in [0.1, 0.15) is 58.1 Å². The molecule has 4 aliphatic rings. The van der Waals surface area contributed by atoms with Crippen molar-refractivity contribution in [2.24, 2.45) is 0 Å². The molecule has 254 valence electrons. The molecular weight excluding hydrogens is 621 g/mol. The number of carboxylic acid groups (broad SMARTS) is 1. The van der Waals surface area contributed by atoms with Crippen molar-refractivity contribution in [1.82, 2.24) is 10.2 Å². The van der Waals surface area contributed by atoms with Crippen LogP contribution in [0.5, 0.6) is 11.5 Å². The van der Waals surface area contributed by atoms with E-state index in [1.165, 1.54) is 6.92 Å². The van der Waals surface area contributed by atoms with Crippen LogP contribution in [0.3, 0.4) is 0 Å². The number of aliphatic hydroxyl groups is 1. The summed E-state index contributed by atoms with van der Waals surface area (Å²) in [5.74, 6) is -3.29. The largest absolute Gasteiger partial charge is 0.509 e. The van der Waals surface area contributed by atoms with Gasteiger partial charge in [0, 0.05) is 24.6 Å². The van der Waals surface area contributed by atoms with Crippen molar-refractivity contribution in [3.8, 4) is 11.5 Å². The van der Waals surface area contributed by atoms with Crippen LogP contribution in [0.15, 0.2) is 24.0 Å². The van der Waals surface area contributed by atoms with E-state index in [1.807, 2.05) is 13.1 Å². The van der Waals surface area contributed by atoms with Crippen LogP contribution < -0.4 is 10.1 Å². The number of ether oxygens (including phenoxy) is 4. The standard InChI is InChI=1S/C28H36N2O9.C2HF3O2/c1-15(36-25(34)39-26(2,3)4)24(33)29-12-9-20(32)37-18-8-10-28(35)19-14-16-6-7-17(31)22-21(16)27(28,23(18)38-22)11-13-30(19)5;3-2(4,5)1(6)7/h6-8,15,19,23,31,35H,9-14H2,1-5H3,(H,29,33);(H,6,7)/t15?,19-,23+,27+,28-;/m1./s1. The molecule has 5 rings (SSSR count). The quantitative estimate of drug-likeness (QED) is 0.329. The highest BCUT2D eigenvalue weighted by Gasteiger charge is 2.72. The smallest absolute Gasteiger partial charge is 0.504 e. The number of phenolic OH excluding ortho intramolecular Hbond substituents is 1. The van der Waals surface area contributed by atoms with Gasteiger partial charge in [0.1, 0.15) is 11.4 Å². The second-order valence-electron chi connectivity index (χ2n) is 12.6. The summed E-state index contributed by atoms with van der Waals surface area (Å²) in [6.07, 6.45) is -4.87. The summed E-state index contributed by atoms with van der Waals surface area (Å²) in [6, 6.07) is 3.34. The van der Waals surface area contributed by atoms with Gasteiger partial charge >= 0.3 is 24.3 Å². The SMILES string of the molecule is CC(OC(=O)OC(C)(C)C)C(=O)NCCC(=O)OC1=CC[C@@]2(O)[C@H]3Cc4ccc(O)c5c4[C@@]2(CCN3C)[C@H]1O5.O=C(O)C(F)(F)F. The Kier molecular flexibility index (Phi) is 9.30. The van der Waals surface area contributed by atoms with Gasteiger partial charge in [-0.3, -0.25) is 9.59 Å². The van der Waals surface area contributed by atoms with Gasteiger partial charge in [-0.05, 0) is 71.8 Å². The highest BCUT2D eigenvalue weighted by atomic mass is 19.4. The van der Waals surface area contributed by atoms with E-state index in [2.05, 4.69) is 10.2 Å². The van der Waals surface area contributed by atoms with Crippen molar-refractivity contribution in [3.05, 3.63) is 35.1 Å². The average Bonchev–Trinajstić information content (AvgIpc) is 3.28. The number of aromatic hydroxyl groups is 1. The molecule has 46 heavy (non-hydrogen) atoms. The maximum atomic E-state index is 12.8. The van der Waals surface area contributed by atoms with Gasteiger partial charge in [-0.2, -0.15) is 13.2 Å². The monoisotopic (exact) mass is 658 g/mol. The van der Waals surface area contributed by atoms with E-state index in [0.717, 1.165) is 17.7 Å². The Hall–Kier alpha value is -4.05. The summed E-state index contributed by atoms with van der Waals surface area (Å²) in [6.45, 7) is 7.14. The van der Waals surface area contributed by atoms with E-state index < -0.39 is 59.0 Å². The number of nitrogens with one attached hydrogen (secondary N) is 1. The van der Waals surface area contributed by atoms with Gasteiger partial charge in [-0.1, -0.05) is 6.07 Å². The number of amides is 1. The van der Waals surface area contributed by atoms with Crippen molar-refractivity contribution in [3.63, 3.8) is 0 Å². The fourth-order valence-electron chi connectivity index (χ4n) is 6.52. The number of likely N-dealkylation sites (tertiary alicyclic amines) is 1. The van der Waals surface area contributed by atoms with Crippen molar-refractivity contribution in [2.45, 2.75) is 94.4 Å². The molecule has 1 amide bonds. The number of likely N-dealkylation sites (N-methyl/N-ethyl adjacent to an activating group) is 1. The average molecular weight is 659 g/mol. The molecule has 0 aromatic heterocycles. The Balaban J connectivity index is 0.000000617. The molecule has 2 bridgehead atoms. The van der Waals surface area contributed by atoms with Crippen molar-refractivity contribution in [2.75, 3.05) is 20.1 Å². The normalized spacial score (nSPS) is 26.6. The molecular formula is C30H37F3N2O11. The number of hydrogen-bond donors (Lipinski definition) is 4. The number of benzene rings is 1. The van der Waals surface area contributed by atoms with E-state index in [-0.39, 0.29) is 31.2 Å². The number of rotatable bonds is 6. The Bertz CT molecular complexity index is 1440. The molecule has 1 aromatic carbocycles. The lowest BCUT2D eigenvalue weighted by Crippen LogP contribution is -2.74. The first-order chi connectivity index (χ1) is 21.2. The molecule has 1 fully saturated rings. The van der Waals surface area contributed by atoms with Crippen molar-refractivity contribution >= 4 is 24.0 Å². The van der Waals surface area contributed by atoms with Crippen LogP contribution in [0.2, 0.25) is 0 Å². The molecule has 16 heteroatoms. The van der Waals surface area contributed by atoms with Gasteiger partial charge < -0.3 is 44.5 Å². The van der Waals surface area contributed by atoms with E-state index >= 15 is 0 Å². The number of esters is 1. The summed E-state index contributed by atoms with van der Waals surface area (Å²) < 4.78 is 53.8. The molecule has 5 atom stereocenters. The van der Waals surface area contributed by atoms with Crippen LogP contribution in [-0.4, -0.2) is 100.0 Å². The third-order valence-electron chi connectivity index (χ3n) is 8.49. The lowest BCUT2D eigenvalue weighted by molar-refractivity contribution is -0.192. The molecule has 1 saturated heterocycles. The van der Waals surface area contributed by atoms with Gasteiger partial charge in [0.05, 0.1) is 17.4 Å². The molecule has 0 saturated carbocycles. The summed E-state index contributed by atoms with van der Waals surface area (Å²) in [7, 11) is 2.00. The third kappa shape index (κ3) is 6.45. The predicted octanol–water partition coefficient (Wildman–Crippen LogP) is 2.69. The number of carboxylic acids is 1. The fraction of sp³-hybridized carbons (Fsp3) is 0.600. The molecule has 0 radical (unpaired) electrons. The highest BCUT2D eigenvalue weighted by molar-refractivity contribution is 5.83. The Morgan fingerprint density at radius 2 is 1.85 bits per heavy atom. The lowest BCUT2D eigenvalue weighted by atomic mass is 9.50. The molecule has 13 nitrogen and oxygen atoms in total. The topological polar surface area (TPSA) is 181 Å². The Morgan fingerprint density at radius 1 is 1.20 bits per heavy atom. The first kappa shape index (κ1) is 34.8. The molecule has 1 aromatic rings. The lowest BCUT2D eigenvalue weighted by Gasteiger charge is -2.61. The summed E-state index contributed by atoms with van der Waals surface area (Å²) in [4.78, 5) is 47.9. The maximum Gasteiger partial charge on any atom is 0.509 e. The summed E-state index contributed by atoms with van der Waals surface area (Å²) in [5, 5.41) is 32.4. The number of aliphatic carboxylic acids is 1. The second kappa shape index (κ2) is 12.3. The van der Waals surface area contributed by atoms with Crippen LogP contribution in [0.25, 0.3) is 0 Å². The number of carbonyl (C=O) groups excluding carboxylic acids is 3. The summed E-state index contributed by atoms with van der Waals surface area (Å²) >= 11 is 0.